The van der Waals surface area contributed by atoms with Crippen LogP contribution in [0.2, 0.25) is 0 Å². The van der Waals surface area contributed by atoms with E-state index in [9.17, 15) is 14.0 Å². The highest BCUT2D eigenvalue weighted by Gasteiger charge is 2.15. The predicted octanol–water partition coefficient (Wildman–Crippen LogP) is 2.82. The summed E-state index contributed by atoms with van der Waals surface area (Å²) in [7, 11) is 0. The zero-order valence-corrected chi connectivity index (χ0v) is 11.8. The third-order valence-corrected chi connectivity index (χ3v) is 3.14. The molecule has 0 radical (unpaired) electrons. The molecule has 7 heteroatoms. The molecule has 2 amide bonds. The van der Waals surface area contributed by atoms with E-state index in [1.807, 2.05) is 0 Å². The molecule has 5 nitrogen and oxygen atoms in total. The number of carboxylic acid groups (broad SMARTS) is 1. The molecule has 19 heavy (non-hydrogen) atoms. The van der Waals surface area contributed by atoms with Crippen LogP contribution in [0.3, 0.4) is 0 Å². The molecule has 0 saturated heterocycles. The number of carboxylic acids is 1. The highest BCUT2D eigenvalue weighted by molar-refractivity contribution is 9.10. The van der Waals surface area contributed by atoms with Crippen LogP contribution >= 0.6 is 15.9 Å². The van der Waals surface area contributed by atoms with Crippen LogP contribution in [0, 0.1) is 11.7 Å². The Morgan fingerprint density at radius 1 is 1.47 bits per heavy atom. The quantitative estimate of drug-likeness (QED) is 0.775. The van der Waals surface area contributed by atoms with Gasteiger partial charge in [0.05, 0.1) is 10.4 Å². The van der Waals surface area contributed by atoms with E-state index < -0.39 is 23.7 Å². The first-order chi connectivity index (χ1) is 8.93. The fraction of sp³-hybridized carbons (Fsp3) is 0.333. The molecule has 104 valence electrons. The number of urea groups is 1. The Hall–Kier alpha value is -1.63. The minimum Gasteiger partial charge on any atom is -0.481 e. The third-order valence-electron chi connectivity index (χ3n) is 2.53. The number of hydrogen-bond donors (Lipinski definition) is 3. The zero-order valence-electron chi connectivity index (χ0n) is 10.2. The number of rotatable bonds is 5. The fourth-order valence-electron chi connectivity index (χ4n) is 1.37. The van der Waals surface area contributed by atoms with Crippen molar-refractivity contribution in [3.05, 3.63) is 28.5 Å². The number of carbonyl (C=O) groups is 2. The molecule has 0 fully saturated rings. The van der Waals surface area contributed by atoms with Crippen LogP contribution in [-0.4, -0.2) is 23.7 Å². The molecular weight excluding hydrogens is 319 g/mol. The number of benzene rings is 1. The standard InChI is InChI=1S/C12H14BrFN2O3/c1-2-7(11(17)18)6-15-12(19)16-8-3-4-10(14)9(13)5-8/h3-5,7H,2,6H2,1H3,(H,17,18)(H2,15,16,19). The lowest BCUT2D eigenvalue weighted by Gasteiger charge is -2.12. The van der Waals surface area contributed by atoms with E-state index in [2.05, 4.69) is 26.6 Å². The third kappa shape index (κ3) is 4.86. The Labute approximate surface area is 118 Å². The van der Waals surface area contributed by atoms with Crippen molar-refractivity contribution in [3.63, 3.8) is 0 Å². The molecule has 0 bridgehead atoms. The Morgan fingerprint density at radius 2 is 2.16 bits per heavy atom. The van der Waals surface area contributed by atoms with Crippen molar-refractivity contribution in [3.8, 4) is 0 Å². The highest BCUT2D eigenvalue weighted by atomic mass is 79.9. The summed E-state index contributed by atoms with van der Waals surface area (Å²) in [5, 5.41) is 13.8. The molecule has 0 aliphatic rings. The lowest BCUT2D eigenvalue weighted by molar-refractivity contribution is -0.141. The van der Waals surface area contributed by atoms with Crippen molar-refractivity contribution < 1.29 is 19.1 Å². The molecule has 0 saturated carbocycles. The zero-order chi connectivity index (χ0) is 14.4. The molecule has 1 aromatic carbocycles. The number of nitrogens with one attached hydrogen (secondary N) is 2. The van der Waals surface area contributed by atoms with Crippen LogP contribution in [0.1, 0.15) is 13.3 Å². The second-order valence-electron chi connectivity index (χ2n) is 3.91. The molecule has 1 rings (SSSR count). The average Bonchev–Trinajstić information content (AvgIpc) is 2.34. The molecule has 0 aliphatic carbocycles. The molecule has 1 unspecified atom stereocenters. The molecule has 1 atom stereocenters. The van der Waals surface area contributed by atoms with Crippen LogP contribution in [-0.2, 0) is 4.79 Å². The number of halogens is 2. The SMILES string of the molecule is CCC(CNC(=O)Nc1ccc(F)c(Br)c1)C(=O)O. The summed E-state index contributed by atoms with van der Waals surface area (Å²) in [6.45, 7) is 1.77. The van der Waals surface area contributed by atoms with Gasteiger partial charge < -0.3 is 15.7 Å². The number of aliphatic carboxylic acids is 1. The molecule has 0 aliphatic heterocycles. The van der Waals surface area contributed by atoms with E-state index in [1.165, 1.54) is 18.2 Å². The highest BCUT2D eigenvalue weighted by Crippen LogP contribution is 2.19. The number of hydrogen-bond acceptors (Lipinski definition) is 2. The second kappa shape index (κ2) is 7.08. The van der Waals surface area contributed by atoms with Gasteiger partial charge in [0.15, 0.2) is 0 Å². The summed E-state index contributed by atoms with van der Waals surface area (Å²) in [5.74, 6) is -2.00. The van der Waals surface area contributed by atoms with Gasteiger partial charge in [-0.25, -0.2) is 9.18 Å². The van der Waals surface area contributed by atoms with Crippen LogP contribution in [0.5, 0.6) is 0 Å². The van der Waals surface area contributed by atoms with E-state index in [1.54, 1.807) is 6.92 Å². The van der Waals surface area contributed by atoms with E-state index >= 15 is 0 Å². The topological polar surface area (TPSA) is 78.4 Å². The summed E-state index contributed by atoms with van der Waals surface area (Å²) in [6.07, 6.45) is 0.428. The Kier molecular flexibility index (Phi) is 5.75. The van der Waals surface area contributed by atoms with Crippen LogP contribution in [0.4, 0.5) is 14.9 Å². The van der Waals surface area contributed by atoms with Gasteiger partial charge in [-0.15, -0.1) is 0 Å². The maximum absolute atomic E-state index is 13.0. The molecular formula is C12H14BrFN2O3. The van der Waals surface area contributed by atoms with Gasteiger partial charge in [0.1, 0.15) is 5.82 Å². The predicted molar refractivity (Wildman–Crippen MR) is 72.5 cm³/mol. The van der Waals surface area contributed by atoms with Gasteiger partial charge >= 0.3 is 12.0 Å². The maximum Gasteiger partial charge on any atom is 0.319 e. The maximum atomic E-state index is 13.0. The Balaban J connectivity index is 2.51. The summed E-state index contributed by atoms with van der Waals surface area (Å²) in [5.41, 5.74) is 0.411. The van der Waals surface area contributed by atoms with Gasteiger partial charge in [0.2, 0.25) is 0 Å². The average molecular weight is 333 g/mol. The summed E-state index contributed by atoms with van der Waals surface area (Å²) < 4.78 is 13.2. The van der Waals surface area contributed by atoms with E-state index in [-0.39, 0.29) is 11.0 Å². The van der Waals surface area contributed by atoms with Crippen LogP contribution in [0.15, 0.2) is 22.7 Å². The van der Waals surface area contributed by atoms with Crippen molar-refractivity contribution in [1.82, 2.24) is 5.32 Å². The smallest absolute Gasteiger partial charge is 0.319 e. The van der Waals surface area contributed by atoms with Gasteiger partial charge in [-0.05, 0) is 40.5 Å². The van der Waals surface area contributed by atoms with Crippen molar-refractivity contribution >= 4 is 33.6 Å². The molecule has 0 aromatic heterocycles. The normalized spacial score (nSPS) is 11.7. The van der Waals surface area contributed by atoms with Crippen molar-refractivity contribution in [2.45, 2.75) is 13.3 Å². The molecule has 3 N–H and O–H groups in total. The van der Waals surface area contributed by atoms with E-state index in [4.69, 9.17) is 5.11 Å². The largest absolute Gasteiger partial charge is 0.481 e. The lowest BCUT2D eigenvalue weighted by Crippen LogP contribution is -2.35. The van der Waals surface area contributed by atoms with Gasteiger partial charge in [-0.2, -0.15) is 0 Å². The van der Waals surface area contributed by atoms with Gasteiger partial charge in [-0.3, -0.25) is 4.79 Å². The van der Waals surface area contributed by atoms with Gasteiger partial charge in [0, 0.05) is 12.2 Å². The first kappa shape index (κ1) is 15.4. The van der Waals surface area contributed by atoms with Crippen LogP contribution in [0.25, 0.3) is 0 Å². The van der Waals surface area contributed by atoms with Crippen molar-refractivity contribution in [2.75, 3.05) is 11.9 Å². The van der Waals surface area contributed by atoms with Crippen LogP contribution < -0.4 is 10.6 Å². The molecule has 0 spiro atoms. The van der Waals surface area contributed by atoms with Crippen molar-refractivity contribution in [1.29, 1.82) is 0 Å². The molecule has 0 heterocycles. The monoisotopic (exact) mass is 332 g/mol. The lowest BCUT2D eigenvalue weighted by atomic mass is 10.1. The molecule has 1 aromatic rings. The minimum absolute atomic E-state index is 0.0417. The Bertz CT molecular complexity index is 482. The van der Waals surface area contributed by atoms with E-state index in [0.717, 1.165) is 0 Å². The van der Waals surface area contributed by atoms with Gasteiger partial charge in [0.25, 0.3) is 0 Å². The van der Waals surface area contributed by atoms with Crippen molar-refractivity contribution in [2.24, 2.45) is 5.92 Å². The second-order valence-corrected chi connectivity index (χ2v) is 4.76. The Morgan fingerprint density at radius 3 is 2.68 bits per heavy atom. The minimum atomic E-state index is -0.952. The summed E-state index contributed by atoms with van der Waals surface area (Å²) >= 11 is 3.00. The number of carbonyl (C=O) groups excluding carboxylic acids is 1. The first-order valence-electron chi connectivity index (χ1n) is 5.66. The summed E-state index contributed by atoms with van der Waals surface area (Å²) in [4.78, 5) is 22.3. The van der Waals surface area contributed by atoms with E-state index in [0.29, 0.717) is 12.1 Å². The first-order valence-corrected chi connectivity index (χ1v) is 6.46. The number of amides is 2. The number of anilines is 1. The van der Waals surface area contributed by atoms with Gasteiger partial charge in [-0.1, -0.05) is 6.92 Å². The summed E-state index contributed by atoms with van der Waals surface area (Å²) in [6, 6.07) is 3.52. The fourth-order valence-corrected chi connectivity index (χ4v) is 1.75.